The van der Waals surface area contributed by atoms with E-state index in [-0.39, 0.29) is 10.7 Å². The maximum Gasteiger partial charge on any atom is 0.274 e. The molecule has 2 rings (SSSR count). The molecule has 1 aromatic carbocycles. The first kappa shape index (κ1) is 17.2. The number of nitrogens with zero attached hydrogens (tertiary/aromatic N) is 2. The summed E-state index contributed by atoms with van der Waals surface area (Å²) < 4.78 is 11.2. The van der Waals surface area contributed by atoms with Crippen LogP contribution in [0.2, 0.25) is 5.15 Å². The minimum absolute atomic E-state index is 0.120. The van der Waals surface area contributed by atoms with Crippen molar-refractivity contribution in [2.45, 2.75) is 0 Å². The van der Waals surface area contributed by atoms with Gasteiger partial charge in [-0.3, -0.25) is 4.79 Å². The van der Waals surface area contributed by atoms with E-state index in [0.717, 1.165) is 0 Å². The maximum atomic E-state index is 11.9. The van der Waals surface area contributed by atoms with E-state index in [2.05, 4.69) is 31.4 Å². The Balaban J connectivity index is 2.13. The number of hydrazone groups is 1. The predicted octanol–water partition coefficient (Wildman–Crippen LogP) is 3.28. The molecule has 0 atom stereocenters. The quantitative estimate of drug-likeness (QED) is 0.476. The lowest BCUT2D eigenvalue weighted by Crippen LogP contribution is -2.18. The number of benzene rings is 1. The van der Waals surface area contributed by atoms with E-state index >= 15 is 0 Å². The molecule has 0 fully saturated rings. The molecular formula is C15H13BrClN3O3. The fourth-order valence-corrected chi connectivity index (χ4v) is 2.62. The van der Waals surface area contributed by atoms with Crippen LogP contribution in [-0.4, -0.2) is 31.3 Å². The Hall–Kier alpha value is -2.12. The van der Waals surface area contributed by atoms with Crippen molar-refractivity contribution in [2.24, 2.45) is 5.10 Å². The summed E-state index contributed by atoms with van der Waals surface area (Å²) in [7, 11) is 3.09. The van der Waals surface area contributed by atoms with Crippen LogP contribution in [0.15, 0.2) is 40.0 Å². The zero-order valence-electron chi connectivity index (χ0n) is 12.3. The molecule has 0 aliphatic rings. The molecule has 120 valence electrons. The lowest BCUT2D eigenvalue weighted by molar-refractivity contribution is 0.0955. The van der Waals surface area contributed by atoms with E-state index in [4.69, 9.17) is 21.1 Å². The molecule has 2 aromatic rings. The SMILES string of the molecule is COc1cc(C=NNC(=O)c2cccnc2Cl)cc(Br)c1OC. The van der Waals surface area contributed by atoms with Crippen LogP contribution in [0.1, 0.15) is 15.9 Å². The Labute approximate surface area is 146 Å². The summed E-state index contributed by atoms with van der Waals surface area (Å²) in [4.78, 5) is 15.8. The minimum Gasteiger partial charge on any atom is -0.493 e. The van der Waals surface area contributed by atoms with E-state index in [0.29, 0.717) is 21.5 Å². The summed E-state index contributed by atoms with van der Waals surface area (Å²) in [6, 6.07) is 6.70. The third-order valence-corrected chi connectivity index (χ3v) is 3.73. The number of pyridine rings is 1. The molecule has 0 aliphatic carbocycles. The standard InChI is InChI=1S/C15H13BrClN3O3/c1-22-12-7-9(6-11(16)13(12)23-2)8-19-20-15(21)10-4-3-5-18-14(10)17/h3-8H,1-2H3,(H,20,21). The Morgan fingerprint density at radius 3 is 2.83 bits per heavy atom. The number of hydrogen-bond donors (Lipinski definition) is 1. The van der Waals surface area contributed by atoms with Gasteiger partial charge < -0.3 is 9.47 Å². The minimum atomic E-state index is -0.445. The van der Waals surface area contributed by atoms with Crippen molar-refractivity contribution in [3.05, 3.63) is 51.2 Å². The molecule has 0 unspecified atom stereocenters. The summed E-state index contributed by atoms with van der Waals surface area (Å²) >= 11 is 9.23. The van der Waals surface area contributed by atoms with Crippen molar-refractivity contribution in [3.8, 4) is 11.5 Å². The Kier molecular flexibility index (Phi) is 5.95. The fraction of sp³-hybridized carbons (Fsp3) is 0.133. The summed E-state index contributed by atoms with van der Waals surface area (Å²) in [6.07, 6.45) is 2.98. The molecule has 23 heavy (non-hydrogen) atoms. The van der Waals surface area contributed by atoms with Crippen LogP contribution in [0, 0.1) is 0 Å². The second-order valence-corrected chi connectivity index (χ2v) is 5.49. The third kappa shape index (κ3) is 4.20. The van der Waals surface area contributed by atoms with Gasteiger partial charge in [0.2, 0.25) is 0 Å². The maximum absolute atomic E-state index is 11.9. The molecule has 0 spiro atoms. The van der Waals surface area contributed by atoms with Crippen LogP contribution < -0.4 is 14.9 Å². The molecule has 0 radical (unpaired) electrons. The number of methoxy groups -OCH3 is 2. The van der Waals surface area contributed by atoms with Gasteiger partial charge in [-0.1, -0.05) is 11.6 Å². The topological polar surface area (TPSA) is 72.8 Å². The van der Waals surface area contributed by atoms with Crippen molar-refractivity contribution < 1.29 is 14.3 Å². The highest BCUT2D eigenvalue weighted by molar-refractivity contribution is 9.10. The molecule has 1 heterocycles. The average molecular weight is 399 g/mol. The highest BCUT2D eigenvalue weighted by Gasteiger charge is 2.11. The second-order valence-electron chi connectivity index (χ2n) is 4.28. The largest absolute Gasteiger partial charge is 0.493 e. The predicted molar refractivity (Wildman–Crippen MR) is 91.6 cm³/mol. The summed E-state index contributed by atoms with van der Waals surface area (Å²) in [5.74, 6) is 0.680. The number of aromatic nitrogens is 1. The zero-order chi connectivity index (χ0) is 16.8. The van der Waals surface area contributed by atoms with E-state index in [9.17, 15) is 4.79 Å². The van der Waals surface area contributed by atoms with Crippen molar-refractivity contribution in [3.63, 3.8) is 0 Å². The highest BCUT2D eigenvalue weighted by atomic mass is 79.9. The van der Waals surface area contributed by atoms with E-state index < -0.39 is 5.91 Å². The van der Waals surface area contributed by atoms with E-state index in [1.165, 1.54) is 19.5 Å². The van der Waals surface area contributed by atoms with E-state index in [1.807, 2.05) is 0 Å². The summed E-state index contributed by atoms with van der Waals surface area (Å²) in [6.45, 7) is 0. The van der Waals surface area contributed by atoms with Gasteiger partial charge in [-0.15, -0.1) is 0 Å². The lowest BCUT2D eigenvalue weighted by atomic mass is 10.2. The number of amides is 1. The van der Waals surface area contributed by atoms with Gasteiger partial charge >= 0.3 is 0 Å². The van der Waals surface area contributed by atoms with Crippen LogP contribution in [0.4, 0.5) is 0 Å². The van der Waals surface area contributed by atoms with Gasteiger partial charge in [0.1, 0.15) is 5.15 Å². The highest BCUT2D eigenvalue weighted by Crippen LogP contribution is 2.35. The Morgan fingerprint density at radius 2 is 2.17 bits per heavy atom. The Morgan fingerprint density at radius 1 is 1.39 bits per heavy atom. The average Bonchev–Trinajstić information content (AvgIpc) is 2.54. The van der Waals surface area contributed by atoms with Crippen LogP contribution in [0.5, 0.6) is 11.5 Å². The van der Waals surface area contributed by atoms with Gasteiger partial charge in [0, 0.05) is 6.20 Å². The molecule has 6 nitrogen and oxygen atoms in total. The van der Waals surface area contributed by atoms with Crippen LogP contribution in [0.25, 0.3) is 0 Å². The molecule has 0 saturated carbocycles. The number of hydrogen-bond acceptors (Lipinski definition) is 5. The van der Waals surface area contributed by atoms with Gasteiger partial charge in [0.05, 0.1) is 30.5 Å². The number of nitrogens with one attached hydrogen (secondary N) is 1. The van der Waals surface area contributed by atoms with Gasteiger partial charge in [0.15, 0.2) is 11.5 Å². The number of carbonyl (C=O) groups is 1. The molecule has 1 amide bonds. The Bertz CT molecular complexity index is 753. The molecule has 8 heteroatoms. The number of carbonyl (C=O) groups excluding carboxylic acids is 1. The fourth-order valence-electron chi connectivity index (χ4n) is 1.79. The number of ether oxygens (including phenoxy) is 2. The van der Waals surface area contributed by atoms with Crippen LogP contribution >= 0.6 is 27.5 Å². The van der Waals surface area contributed by atoms with Crippen LogP contribution in [-0.2, 0) is 0 Å². The van der Waals surface area contributed by atoms with Gasteiger partial charge in [0.25, 0.3) is 5.91 Å². The lowest BCUT2D eigenvalue weighted by Gasteiger charge is -2.10. The third-order valence-electron chi connectivity index (χ3n) is 2.84. The molecule has 1 aromatic heterocycles. The molecule has 0 bridgehead atoms. The van der Waals surface area contributed by atoms with Crippen molar-refractivity contribution in [1.82, 2.24) is 10.4 Å². The van der Waals surface area contributed by atoms with Crippen molar-refractivity contribution in [1.29, 1.82) is 0 Å². The second kappa shape index (κ2) is 7.94. The first-order valence-electron chi connectivity index (χ1n) is 6.42. The zero-order valence-corrected chi connectivity index (χ0v) is 14.7. The van der Waals surface area contributed by atoms with Gasteiger partial charge in [-0.25, -0.2) is 10.4 Å². The monoisotopic (exact) mass is 397 g/mol. The summed E-state index contributed by atoms with van der Waals surface area (Å²) in [5.41, 5.74) is 3.36. The van der Waals surface area contributed by atoms with Crippen molar-refractivity contribution in [2.75, 3.05) is 14.2 Å². The van der Waals surface area contributed by atoms with Crippen LogP contribution in [0.3, 0.4) is 0 Å². The van der Waals surface area contributed by atoms with Gasteiger partial charge in [-0.2, -0.15) is 5.10 Å². The molecule has 0 aliphatic heterocycles. The molecule has 0 saturated heterocycles. The molecular weight excluding hydrogens is 386 g/mol. The smallest absolute Gasteiger partial charge is 0.274 e. The summed E-state index contributed by atoms with van der Waals surface area (Å²) in [5, 5.41) is 4.02. The number of halogens is 2. The van der Waals surface area contributed by atoms with Crippen molar-refractivity contribution >= 4 is 39.7 Å². The first-order valence-corrected chi connectivity index (χ1v) is 7.59. The molecule has 1 N–H and O–H groups in total. The first-order chi connectivity index (χ1) is 11.1. The van der Waals surface area contributed by atoms with E-state index in [1.54, 1.807) is 31.4 Å². The van der Waals surface area contributed by atoms with Gasteiger partial charge in [-0.05, 0) is 45.8 Å². The normalized spacial score (nSPS) is 10.6. The number of rotatable bonds is 5.